The fourth-order valence-corrected chi connectivity index (χ4v) is 3.21. The topological polar surface area (TPSA) is 3.88 Å². The minimum Gasteiger partial charge on any atom is -0.205 e. The van der Waals surface area contributed by atoms with Crippen molar-refractivity contribution in [1.82, 2.24) is 0 Å². The molecule has 1 aromatic rings. The number of rotatable bonds is 14. The molecule has 0 saturated carbocycles. The van der Waals surface area contributed by atoms with Crippen LogP contribution in [-0.4, -0.2) is 0 Å². The van der Waals surface area contributed by atoms with Gasteiger partial charge < -0.3 is 0 Å². The van der Waals surface area contributed by atoms with Crippen LogP contribution >= 0.6 is 0 Å². The SMILES string of the molecule is CCCCCCCCC[n+]1ccc(CCCC)c(CCCC)c1. The minimum absolute atomic E-state index is 1.20. The van der Waals surface area contributed by atoms with Crippen LogP contribution in [-0.2, 0) is 19.4 Å². The maximum Gasteiger partial charge on any atom is 0.172 e. The maximum atomic E-state index is 2.44. The highest BCUT2D eigenvalue weighted by atomic mass is 14.9. The van der Waals surface area contributed by atoms with Gasteiger partial charge in [0.1, 0.15) is 6.54 Å². The van der Waals surface area contributed by atoms with E-state index >= 15 is 0 Å². The summed E-state index contributed by atoms with van der Waals surface area (Å²) in [5.41, 5.74) is 3.20. The standard InChI is InChI=1S/C22H40N/c1-4-7-10-11-12-13-14-18-23-19-17-21(15-8-5-2)22(20-23)16-9-6-3/h17,19-20H,4-16,18H2,1-3H3/q+1. The van der Waals surface area contributed by atoms with Gasteiger partial charge in [0, 0.05) is 18.1 Å². The van der Waals surface area contributed by atoms with E-state index in [-0.39, 0.29) is 0 Å². The summed E-state index contributed by atoms with van der Waals surface area (Å²) in [5.74, 6) is 0. The molecule has 1 heteroatoms. The molecule has 0 radical (unpaired) electrons. The number of hydrogen-bond acceptors (Lipinski definition) is 0. The molecule has 0 fully saturated rings. The molecular weight excluding hydrogens is 278 g/mol. The van der Waals surface area contributed by atoms with Gasteiger partial charge in [-0.15, -0.1) is 0 Å². The Morgan fingerprint density at radius 2 is 1.22 bits per heavy atom. The first-order valence-electron chi connectivity index (χ1n) is 10.3. The third-order valence-electron chi connectivity index (χ3n) is 4.82. The zero-order chi connectivity index (χ0) is 16.8. The van der Waals surface area contributed by atoms with Crippen molar-refractivity contribution < 1.29 is 4.57 Å². The van der Waals surface area contributed by atoms with Crippen LogP contribution < -0.4 is 4.57 Å². The van der Waals surface area contributed by atoms with Crippen molar-refractivity contribution in [2.75, 3.05) is 0 Å². The Balaban J connectivity index is 2.42. The van der Waals surface area contributed by atoms with Gasteiger partial charge in [-0.2, -0.15) is 0 Å². The molecule has 23 heavy (non-hydrogen) atoms. The Labute approximate surface area is 145 Å². The van der Waals surface area contributed by atoms with Crippen LogP contribution in [0.1, 0.15) is 103 Å². The van der Waals surface area contributed by atoms with Crippen LogP contribution in [0.5, 0.6) is 0 Å². The molecule has 1 aromatic heterocycles. The van der Waals surface area contributed by atoms with Gasteiger partial charge in [-0.3, -0.25) is 0 Å². The van der Waals surface area contributed by atoms with Gasteiger partial charge in [-0.1, -0.05) is 65.7 Å². The molecule has 0 bridgehead atoms. The second-order valence-electron chi connectivity index (χ2n) is 7.06. The fourth-order valence-electron chi connectivity index (χ4n) is 3.21. The van der Waals surface area contributed by atoms with Crippen molar-refractivity contribution in [3.63, 3.8) is 0 Å². The van der Waals surface area contributed by atoms with Gasteiger partial charge in [-0.05, 0) is 37.7 Å². The lowest BCUT2D eigenvalue weighted by Crippen LogP contribution is -2.33. The molecule has 0 unspecified atom stereocenters. The van der Waals surface area contributed by atoms with E-state index in [4.69, 9.17) is 0 Å². The predicted octanol–water partition coefficient (Wildman–Crippen LogP) is 6.41. The van der Waals surface area contributed by atoms with E-state index in [0.29, 0.717) is 0 Å². The third-order valence-corrected chi connectivity index (χ3v) is 4.82. The Morgan fingerprint density at radius 1 is 0.652 bits per heavy atom. The van der Waals surface area contributed by atoms with Crippen LogP contribution in [0.25, 0.3) is 0 Å². The average Bonchev–Trinajstić information content (AvgIpc) is 2.58. The highest BCUT2D eigenvalue weighted by Gasteiger charge is 2.09. The first kappa shape index (κ1) is 20.2. The van der Waals surface area contributed by atoms with Gasteiger partial charge in [0.05, 0.1) is 0 Å². The quantitative estimate of drug-likeness (QED) is 0.275. The van der Waals surface area contributed by atoms with Crippen LogP contribution in [0.15, 0.2) is 18.5 Å². The van der Waals surface area contributed by atoms with E-state index in [2.05, 4.69) is 43.8 Å². The van der Waals surface area contributed by atoms with Crippen molar-refractivity contribution in [1.29, 1.82) is 0 Å². The number of aryl methyl sites for hydroxylation is 3. The summed E-state index contributed by atoms with van der Waals surface area (Å²) in [7, 11) is 0. The van der Waals surface area contributed by atoms with Crippen molar-refractivity contribution in [2.45, 2.75) is 111 Å². The molecule has 0 aliphatic carbocycles. The zero-order valence-corrected chi connectivity index (χ0v) is 16.1. The molecule has 0 N–H and O–H groups in total. The highest BCUT2D eigenvalue weighted by molar-refractivity contribution is 5.21. The average molecular weight is 319 g/mol. The maximum absolute atomic E-state index is 2.44. The van der Waals surface area contributed by atoms with E-state index in [1.165, 1.54) is 90.0 Å². The Morgan fingerprint density at radius 3 is 1.87 bits per heavy atom. The molecule has 0 aliphatic rings. The van der Waals surface area contributed by atoms with E-state index < -0.39 is 0 Å². The zero-order valence-electron chi connectivity index (χ0n) is 16.1. The Kier molecular flexibility index (Phi) is 11.9. The molecular formula is C22H40N+. The molecule has 1 heterocycles. The largest absolute Gasteiger partial charge is 0.205 e. The van der Waals surface area contributed by atoms with E-state index in [9.17, 15) is 0 Å². The highest BCUT2D eigenvalue weighted by Crippen LogP contribution is 2.13. The minimum atomic E-state index is 1.20. The van der Waals surface area contributed by atoms with E-state index in [1.807, 2.05) is 0 Å². The first-order valence-corrected chi connectivity index (χ1v) is 10.3. The van der Waals surface area contributed by atoms with Gasteiger partial charge in [0.2, 0.25) is 0 Å². The number of aromatic nitrogens is 1. The molecule has 0 spiro atoms. The first-order chi connectivity index (χ1) is 11.3. The molecule has 132 valence electrons. The van der Waals surface area contributed by atoms with Crippen molar-refractivity contribution in [3.05, 3.63) is 29.6 Å². The van der Waals surface area contributed by atoms with Crippen LogP contribution in [0.4, 0.5) is 0 Å². The normalized spacial score (nSPS) is 11.1. The summed E-state index contributed by atoms with van der Waals surface area (Å²) in [6.45, 7) is 8.06. The lowest BCUT2D eigenvalue weighted by Gasteiger charge is -2.08. The third kappa shape index (κ3) is 9.13. The smallest absolute Gasteiger partial charge is 0.172 e. The summed E-state index contributed by atoms with van der Waals surface area (Å²) in [6.07, 6.45) is 22.2. The van der Waals surface area contributed by atoms with Gasteiger partial charge >= 0.3 is 0 Å². The van der Waals surface area contributed by atoms with Crippen molar-refractivity contribution >= 4 is 0 Å². The molecule has 0 amide bonds. The number of pyridine rings is 1. The molecule has 0 aromatic carbocycles. The molecule has 1 nitrogen and oxygen atoms in total. The lowest BCUT2D eigenvalue weighted by molar-refractivity contribution is -0.697. The Bertz CT molecular complexity index is 397. The summed E-state index contributed by atoms with van der Waals surface area (Å²) in [5, 5.41) is 0. The number of hydrogen-bond donors (Lipinski definition) is 0. The summed E-state index contributed by atoms with van der Waals surface area (Å²) in [4.78, 5) is 0. The van der Waals surface area contributed by atoms with Gasteiger partial charge in [0.25, 0.3) is 0 Å². The summed E-state index contributed by atoms with van der Waals surface area (Å²) in [6, 6.07) is 2.39. The Hall–Kier alpha value is -0.850. The monoisotopic (exact) mass is 318 g/mol. The molecule has 0 saturated heterocycles. The van der Waals surface area contributed by atoms with Crippen molar-refractivity contribution in [2.24, 2.45) is 0 Å². The number of nitrogens with zero attached hydrogens (tertiary/aromatic N) is 1. The second-order valence-corrected chi connectivity index (χ2v) is 7.06. The predicted molar refractivity (Wildman–Crippen MR) is 102 cm³/mol. The van der Waals surface area contributed by atoms with Gasteiger partial charge in [0.15, 0.2) is 12.4 Å². The molecule has 0 aliphatic heterocycles. The number of unbranched alkanes of at least 4 members (excludes halogenated alkanes) is 8. The van der Waals surface area contributed by atoms with Crippen LogP contribution in [0.3, 0.4) is 0 Å². The van der Waals surface area contributed by atoms with Crippen LogP contribution in [0, 0.1) is 0 Å². The van der Waals surface area contributed by atoms with E-state index in [1.54, 1.807) is 11.1 Å². The van der Waals surface area contributed by atoms with Crippen molar-refractivity contribution in [3.8, 4) is 0 Å². The second kappa shape index (κ2) is 13.6. The van der Waals surface area contributed by atoms with Gasteiger partial charge in [-0.25, -0.2) is 4.57 Å². The summed E-state index contributed by atoms with van der Waals surface area (Å²) >= 11 is 0. The van der Waals surface area contributed by atoms with E-state index in [0.717, 1.165) is 0 Å². The summed E-state index contributed by atoms with van der Waals surface area (Å²) < 4.78 is 2.44. The fraction of sp³-hybridized carbons (Fsp3) is 0.773. The molecule has 0 atom stereocenters. The lowest BCUT2D eigenvalue weighted by atomic mass is 10.00. The molecule has 1 rings (SSSR count). The van der Waals surface area contributed by atoms with Crippen LogP contribution in [0.2, 0.25) is 0 Å².